The Morgan fingerprint density at radius 3 is 2.53 bits per heavy atom. The summed E-state index contributed by atoms with van der Waals surface area (Å²) in [6.07, 6.45) is 0. The Bertz CT molecular complexity index is 1180. The van der Waals surface area contributed by atoms with E-state index in [-0.39, 0.29) is 28.1 Å². The highest BCUT2D eigenvalue weighted by atomic mass is 35.5. The molecule has 0 fully saturated rings. The van der Waals surface area contributed by atoms with E-state index in [9.17, 15) is 18.0 Å². The van der Waals surface area contributed by atoms with Crippen molar-refractivity contribution in [3.8, 4) is 0 Å². The van der Waals surface area contributed by atoms with E-state index in [1.165, 1.54) is 23.5 Å². The van der Waals surface area contributed by atoms with Crippen molar-refractivity contribution in [2.75, 3.05) is 6.61 Å². The van der Waals surface area contributed by atoms with Crippen molar-refractivity contribution in [3.05, 3.63) is 87.1 Å². The molecule has 0 spiro atoms. The van der Waals surface area contributed by atoms with Gasteiger partial charge in [0, 0.05) is 11.4 Å². The lowest BCUT2D eigenvalue weighted by atomic mass is 10.2. The number of esters is 1. The predicted octanol–water partition coefficient (Wildman–Crippen LogP) is 3.91. The standard InChI is InChI=1S/C22H21ClN2O5S2/c1-15(19-8-5-11-31-19)25-21(26)14-30-22(27)17-9-10-18(23)20(12-17)32(28,29)24-13-16-6-3-2-4-7-16/h2-12,15,24H,13-14H2,1H3,(H,25,26). The monoisotopic (exact) mass is 492 g/mol. The third-order valence-electron chi connectivity index (χ3n) is 4.45. The first-order valence-electron chi connectivity index (χ1n) is 9.59. The Labute approximate surface area is 195 Å². The largest absolute Gasteiger partial charge is 0.452 e. The van der Waals surface area contributed by atoms with Crippen molar-refractivity contribution in [1.29, 1.82) is 0 Å². The SMILES string of the molecule is CC(NC(=O)COC(=O)c1ccc(Cl)c(S(=O)(=O)NCc2ccccc2)c1)c1cccs1. The lowest BCUT2D eigenvalue weighted by Crippen LogP contribution is -2.30. The van der Waals surface area contributed by atoms with E-state index in [1.54, 1.807) is 24.3 Å². The number of benzene rings is 2. The van der Waals surface area contributed by atoms with E-state index in [2.05, 4.69) is 10.0 Å². The minimum absolute atomic E-state index is 0.0337. The Balaban J connectivity index is 1.62. The second-order valence-electron chi connectivity index (χ2n) is 6.84. The van der Waals surface area contributed by atoms with Crippen LogP contribution in [0.4, 0.5) is 0 Å². The van der Waals surface area contributed by atoms with Gasteiger partial charge in [0.15, 0.2) is 6.61 Å². The fourth-order valence-electron chi connectivity index (χ4n) is 2.79. The normalized spacial score (nSPS) is 12.2. The van der Waals surface area contributed by atoms with Crippen molar-refractivity contribution in [3.63, 3.8) is 0 Å². The number of carbonyl (C=O) groups is 2. The highest BCUT2D eigenvalue weighted by molar-refractivity contribution is 7.89. The summed E-state index contributed by atoms with van der Waals surface area (Å²) >= 11 is 7.57. The zero-order valence-electron chi connectivity index (χ0n) is 17.1. The van der Waals surface area contributed by atoms with Gasteiger partial charge >= 0.3 is 5.97 Å². The Kier molecular flexibility index (Phi) is 8.03. The lowest BCUT2D eigenvalue weighted by Gasteiger charge is -2.13. The number of ether oxygens (including phenoxy) is 1. The van der Waals surface area contributed by atoms with Gasteiger partial charge in [-0.3, -0.25) is 4.79 Å². The van der Waals surface area contributed by atoms with Crippen LogP contribution in [0.1, 0.15) is 33.8 Å². The number of amides is 1. The van der Waals surface area contributed by atoms with Crippen LogP contribution in [0.25, 0.3) is 0 Å². The maximum Gasteiger partial charge on any atom is 0.338 e. The van der Waals surface area contributed by atoms with Gasteiger partial charge in [0.2, 0.25) is 10.0 Å². The van der Waals surface area contributed by atoms with E-state index < -0.39 is 28.5 Å². The molecule has 0 saturated heterocycles. The van der Waals surface area contributed by atoms with Crippen molar-refractivity contribution >= 4 is 44.8 Å². The highest BCUT2D eigenvalue weighted by Gasteiger charge is 2.21. The zero-order valence-corrected chi connectivity index (χ0v) is 19.5. The average molecular weight is 493 g/mol. The van der Waals surface area contributed by atoms with Crippen LogP contribution in [0.5, 0.6) is 0 Å². The zero-order chi connectivity index (χ0) is 23.1. The molecule has 1 amide bonds. The van der Waals surface area contributed by atoms with Crippen molar-refractivity contribution < 1.29 is 22.7 Å². The first-order valence-corrected chi connectivity index (χ1v) is 12.3. The molecule has 2 N–H and O–H groups in total. The number of nitrogens with one attached hydrogen (secondary N) is 2. The maximum atomic E-state index is 12.7. The summed E-state index contributed by atoms with van der Waals surface area (Å²) in [6, 6.07) is 16.3. The number of carbonyl (C=O) groups excluding carboxylic acids is 2. The molecule has 0 saturated carbocycles. The van der Waals surface area contributed by atoms with Crippen LogP contribution in [0, 0.1) is 0 Å². The van der Waals surface area contributed by atoms with Gasteiger partial charge in [-0.25, -0.2) is 17.9 Å². The molecule has 1 unspecified atom stereocenters. The summed E-state index contributed by atoms with van der Waals surface area (Å²) in [5.74, 6) is -1.30. The van der Waals surface area contributed by atoms with E-state index in [0.29, 0.717) is 0 Å². The molecule has 0 aliphatic carbocycles. The molecule has 10 heteroatoms. The molecule has 0 bridgehead atoms. The maximum absolute atomic E-state index is 12.7. The minimum Gasteiger partial charge on any atom is -0.452 e. The van der Waals surface area contributed by atoms with Gasteiger partial charge in [-0.1, -0.05) is 48.0 Å². The third kappa shape index (κ3) is 6.39. The van der Waals surface area contributed by atoms with Crippen molar-refractivity contribution in [1.82, 2.24) is 10.0 Å². The Morgan fingerprint density at radius 2 is 1.84 bits per heavy atom. The molecule has 32 heavy (non-hydrogen) atoms. The van der Waals surface area contributed by atoms with Gasteiger partial charge in [-0.15, -0.1) is 11.3 Å². The minimum atomic E-state index is -3.99. The molecule has 0 radical (unpaired) electrons. The molecule has 3 rings (SSSR count). The Morgan fingerprint density at radius 1 is 1.09 bits per heavy atom. The molecule has 3 aromatic rings. The number of hydrogen-bond donors (Lipinski definition) is 2. The van der Waals surface area contributed by atoms with Crippen LogP contribution in [0.15, 0.2) is 70.9 Å². The van der Waals surface area contributed by atoms with Gasteiger partial charge in [0.05, 0.1) is 16.6 Å². The van der Waals surface area contributed by atoms with Gasteiger partial charge < -0.3 is 10.1 Å². The molecule has 1 atom stereocenters. The van der Waals surface area contributed by atoms with E-state index in [1.807, 2.05) is 30.5 Å². The van der Waals surface area contributed by atoms with Crippen molar-refractivity contribution in [2.24, 2.45) is 0 Å². The smallest absolute Gasteiger partial charge is 0.338 e. The second-order valence-corrected chi connectivity index (χ2v) is 9.96. The topological polar surface area (TPSA) is 102 Å². The molecular weight excluding hydrogens is 472 g/mol. The number of sulfonamides is 1. The number of hydrogen-bond acceptors (Lipinski definition) is 6. The first kappa shape index (κ1) is 23.9. The average Bonchev–Trinajstić information content (AvgIpc) is 3.32. The number of thiophene rings is 1. The summed E-state index contributed by atoms with van der Waals surface area (Å²) in [5, 5.41) is 4.60. The molecular formula is C22H21ClN2O5S2. The quantitative estimate of drug-likeness (QED) is 0.441. The molecule has 0 aliphatic heterocycles. The predicted molar refractivity (Wildman–Crippen MR) is 123 cm³/mol. The Hall–Kier alpha value is -2.72. The van der Waals surface area contributed by atoms with Gasteiger partial charge in [-0.05, 0) is 42.1 Å². The van der Waals surface area contributed by atoms with Crippen LogP contribution >= 0.6 is 22.9 Å². The lowest BCUT2D eigenvalue weighted by molar-refractivity contribution is -0.124. The van der Waals surface area contributed by atoms with Gasteiger partial charge in [0.1, 0.15) is 4.90 Å². The third-order valence-corrected chi connectivity index (χ3v) is 7.39. The summed E-state index contributed by atoms with van der Waals surface area (Å²) in [4.78, 5) is 25.2. The van der Waals surface area contributed by atoms with Crippen LogP contribution < -0.4 is 10.0 Å². The van der Waals surface area contributed by atoms with Crippen molar-refractivity contribution in [2.45, 2.75) is 24.4 Å². The summed E-state index contributed by atoms with van der Waals surface area (Å²) in [6.45, 7) is 1.40. The molecule has 168 valence electrons. The van der Waals surface area contributed by atoms with Gasteiger partial charge in [-0.2, -0.15) is 0 Å². The molecule has 2 aromatic carbocycles. The van der Waals surface area contributed by atoms with Crippen LogP contribution in [-0.2, 0) is 26.1 Å². The summed E-state index contributed by atoms with van der Waals surface area (Å²) in [7, 11) is -3.99. The second kappa shape index (κ2) is 10.7. The van der Waals surface area contributed by atoms with E-state index >= 15 is 0 Å². The molecule has 1 heterocycles. The van der Waals surface area contributed by atoms with E-state index in [4.69, 9.17) is 16.3 Å². The van der Waals surface area contributed by atoms with Crippen LogP contribution in [0.3, 0.4) is 0 Å². The van der Waals surface area contributed by atoms with E-state index in [0.717, 1.165) is 16.5 Å². The fourth-order valence-corrected chi connectivity index (χ4v) is 5.07. The van der Waals surface area contributed by atoms with Crippen LogP contribution in [-0.4, -0.2) is 26.9 Å². The summed E-state index contributed by atoms with van der Waals surface area (Å²) in [5.41, 5.74) is 0.735. The molecule has 0 aliphatic rings. The number of halogens is 1. The van der Waals surface area contributed by atoms with Gasteiger partial charge in [0.25, 0.3) is 5.91 Å². The highest BCUT2D eigenvalue weighted by Crippen LogP contribution is 2.23. The number of rotatable bonds is 9. The molecule has 7 nitrogen and oxygen atoms in total. The fraction of sp³-hybridized carbons (Fsp3) is 0.182. The van der Waals surface area contributed by atoms with Crippen LogP contribution in [0.2, 0.25) is 5.02 Å². The summed E-state index contributed by atoms with van der Waals surface area (Å²) < 4.78 is 32.9. The molecule has 1 aromatic heterocycles. The first-order chi connectivity index (χ1) is 15.3.